The van der Waals surface area contributed by atoms with Gasteiger partial charge in [0.2, 0.25) is 11.8 Å². The van der Waals surface area contributed by atoms with Crippen LogP contribution in [0.1, 0.15) is 55.7 Å². The molecule has 3 aromatic rings. The zero-order valence-electron chi connectivity index (χ0n) is 24.9. The molecule has 42 heavy (non-hydrogen) atoms. The number of nitrogens with zero attached hydrogens (tertiary/aromatic N) is 2. The maximum atomic E-state index is 14.1. The molecule has 1 unspecified atom stereocenters. The molecule has 224 valence electrons. The lowest BCUT2D eigenvalue weighted by atomic mass is 9.95. The summed E-state index contributed by atoms with van der Waals surface area (Å²) in [5.41, 5.74) is 3.13. The molecule has 0 radical (unpaired) electrons. The molecule has 0 bridgehead atoms. The first kappa shape index (κ1) is 31.1. The van der Waals surface area contributed by atoms with Crippen molar-refractivity contribution in [1.29, 1.82) is 0 Å². The quantitative estimate of drug-likeness (QED) is 0.323. The fourth-order valence-corrected chi connectivity index (χ4v) is 6.69. The van der Waals surface area contributed by atoms with E-state index < -0.39 is 28.5 Å². The zero-order valence-corrected chi connectivity index (χ0v) is 25.7. The molecule has 2 amide bonds. The number of benzene rings is 3. The van der Waals surface area contributed by atoms with Gasteiger partial charge in [-0.2, -0.15) is 0 Å². The van der Waals surface area contributed by atoms with Gasteiger partial charge in [-0.25, -0.2) is 8.42 Å². The summed E-state index contributed by atoms with van der Waals surface area (Å²) >= 11 is 0. The van der Waals surface area contributed by atoms with E-state index in [1.54, 1.807) is 43.3 Å². The van der Waals surface area contributed by atoms with Crippen molar-refractivity contribution in [3.63, 3.8) is 0 Å². The number of sulfonamides is 1. The van der Waals surface area contributed by atoms with E-state index in [1.807, 2.05) is 38.1 Å². The minimum absolute atomic E-state index is 0.0741. The molecule has 8 nitrogen and oxygen atoms in total. The molecule has 0 saturated heterocycles. The molecule has 0 spiro atoms. The molecule has 1 aliphatic rings. The fourth-order valence-electron chi connectivity index (χ4n) is 5.27. The van der Waals surface area contributed by atoms with Gasteiger partial charge in [-0.15, -0.1) is 0 Å². The van der Waals surface area contributed by atoms with Crippen LogP contribution in [0.15, 0.2) is 77.7 Å². The van der Waals surface area contributed by atoms with Gasteiger partial charge in [0.1, 0.15) is 18.3 Å². The van der Waals surface area contributed by atoms with Crippen molar-refractivity contribution in [3.8, 4) is 5.75 Å². The summed E-state index contributed by atoms with van der Waals surface area (Å²) in [6.07, 6.45) is 5.14. The van der Waals surface area contributed by atoms with Crippen LogP contribution in [-0.4, -0.2) is 50.9 Å². The Bertz CT molecular complexity index is 1470. The van der Waals surface area contributed by atoms with Crippen LogP contribution < -0.4 is 14.4 Å². The number of hydrogen-bond donors (Lipinski definition) is 1. The SMILES string of the molecule is COc1ccc(N(CC(=O)N(Cc2cccc(C)c2)C(C)C(=O)NC2CCCCC2)S(=O)(=O)c2ccc(C)cc2)cc1. The van der Waals surface area contributed by atoms with Crippen molar-refractivity contribution < 1.29 is 22.7 Å². The van der Waals surface area contributed by atoms with Crippen molar-refractivity contribution in [2.24, 2.45) is 0 Å². The van der Waals surface area contributed by atoms with E-state index in [2.05, 4.69) is 5.32 Å². The van der Waals surface area contributed by atoms with Crippen LogP contribution in [0.25, 0.3) is 0 Å². The van der Waals surface area contributed by atoms with Crippen LogP contribution in [0, 0.1) is 13.8 Å². The Labute approximate surface area is 249 Å². The third-order valence-electron chi connectivity index (χ3n) is 7.80. The zero-order chi connectivity index (χ0) is 30.3. The molecule has 1 aliphatic carbocycles. The topological polar surface area (TPSA) is 96.0 Å². The predicted octanol–water partition coefficient (Wildman–Crippen LogP) is 5.37. The lowest BCUT2D eigenvalue weighted by molar-refractivity contribution is -0.139. The number of methoxy groups -OCH3 is 1. The highest BCUT2D eigenvalue weighted by atomic mass is 32.2. The summed E-state index contributed by atoms with van der Waals surface area (Å²) in [6, 6.07) is 20.1. The number of anilines is 1. The number of nitrogens with one attached hydrogen (secondary N) is 1. The molecule has 3 aromatic carbocycles. The number of aryl methyl sites for hydroxylation is 2. The molecule has 0 heterocycles. The molecular weight excluding hydrogens is 550 g/mol. The average Bonchev–Trinajstić information content (AvgIpc) is 2.99. The van der Waals surface area contributed by atoms with E-state index in [1.165, 1.54) is 24.1 Å². The third-order valence-corrected chi connectivity index (χ3v) is 9.59. The highest BCUT2D eigenvalue weighted by molar-refractivity contribution is 7.92. The highest BCUT2D eigenvalue weighted by Crippen LogP contribution is 2.27. The molecule has 4 rings (SSSR count). The minimum atomic E-state index is -4.12. The molecule has 1 N–H and O–H groups in total. The molecule has 1 atom stereocenters. The molecule has 0 aliphatic heterocycles. The summed E-state index contributed by atoms with van der Waals surface area (Å²) < 4.78 is 34.3. The van der Waals surface area contributed by atoms with Crippen molar-refractivity contribution in [3.05, 3.63) is 89.5 Å². The normalized spacial score (nSPS) is 14.6. The van der Waals surface area contributed by atoms with Gasteiger partial charge in [-0.05, 0) is 75.6 Å². The monoisotopic (exact) mass is 591 g/mol. The van der Waals surface area contributed by atoms with E-state index in [9.17, 15) is 18.0 Å². The van der Waals surface area contributed by atoms with Gasteiger partial charge in [0, 0.05) is 12.6 Å². The number of rotatable bonds is 11. The summed E-state index contributed by atoms with van der Waals surface area (Å²) in [4.78, 5) is 29.1. The lowest BCUT2D eigenvalue weighted by Crippen LogP contribution is -2.53. The second-order valence-corrected chi connectivity index (χ2v) is 12.9. The first-order valence-corrected chi connectivity index (χ1v) is 15.9. The Morgan fingerprint density at radius 2 is 1.60 bits per heavy atom. The van der Waals surface area contributed by atoms with Gasteiger partial charge in [0.15, 0.2) is 0 Å². The number of amides is 2. The second-order valence-electron chi connectivity index (χ2n) is 11.1. The van der Waals surface area contributed by atoms with Crippen LogP contribution in [0.2, 0.25) is 0 Å². The molecular formula is C33H41N3O5S. The lowest BCUT2D eigenvalue weighted by Gasteiger charge is -2.33. The van der Waals surface area contributed by atoms with Crippen LogP contribution in [-0.2, 0) is 26.2 Å². The largest absolute Gasteiger partial charge is 0.497 e. The molecule has 1 saturated carbocycles. The Balaban J connectivity index is 1.68. The number of carbonyl (C=O) groups is 2. The Hall–Kier alpha value is -3.85. The Kier molecular flexibility index (Phi) is 10.3. The van der Waals surface area contributed by atoms with Gasteiger partial charge in [0.25, 0.3) is 10.0 Å². The van der Waals surface area contributed by atoms with Gasteiger partial charge in [0.05, 0.1) is 17.7 Å². The Morgan fingerprint density at radius 1 is 0.929 bits per heavy atom. The van der Waals surface area contributed by atoms with Gasteiger partial charge < -0.3 is 15.0 Å². The Morgan fingerprint density at radius 3 is 2.21 bits per heavy atom. The maximum Gasteiger partial charge on any atom is 0.264 e. The van der Waals surface area contributed by atoms with E-state index in [-0.39, 0.29) is 23.4 Å². The first-order chi connectivity index (χ1) is 20.1. The fraction of sp³-hybridized carbons (Fsp3) is 0.394. The summed E-state index contributed by atoms with van der Waals surface area (Å²) in [7, 11) is -2.59. The van der Waals surface area contributed by atoms with Crippen molar-refractivity contribution in [2.75, 3.05) is 18.0 Å². The predicted molar refractivity (Wildman–Crippen MR) is 165 cm³/mol. The smallest absolute Gasteiger partial charge is 0.264 e. The molecule has 9 heteroatoms. The van der Waals surface area contributed by atoms with E-state index in [4.69, 9.17) is 4.74 Å². The summed E-state index contributed by atoms with van der Waals surface area (Å²) in [6.45, 7) is 5.24. The molecule has 1 fully saturated rings. The van der Waals surface area contributed by atoms with Crippen LogP contribution in [0.4, 0.5) is 5.69 Å². The number of ether oxygens (including phenoxy) is 1. The van der Waals surface area contributed by atoms with Crippen molar-refractivity contribution in [2.45, 2.75) is 76.4 Å². The van der Waals surface area contributed by atoms with Gasteiger partial charge in [-0.1, -0.05) is 66.8 Å². The van der Waals surface area contributed by atoms with E-state index in [0.29, 0.717) is 11.4 Å². The highest BCUT2D eigenvalue weighted by Gasteiger charge is 2.33. The average molecular weight is 592 g/mol. The van der Waals surface area contributed by atoms with Crippen LogP contribution >= 0.6 is 0 Å². The second kappa shape index (κ2) is 13.9. The maximum absolute atomic E-state index is 14.1. The minimum Gasteiger partial charge on any atom is -0.497 e. The van der Waals surface area contributed by atoms with Gasteiger partial charge >= 0.3 is 0 Å². The van der Waals surface area contributed by atoms with E-state index in [0.717, 1.165) is 53.1 Å². The first-order valence-electron chi connectivity index (χ1n) is 14.5. The number of hydrogen-bond acceptors (Lipinski definition) is 5. The molecule has 0 aromatic heterocycles. The summed E-state index contributed by atoms with van der Waals surface area (Å²) in [5, 5.41) is 3.13. The number of carbonyl (C=O) groups excluding carboxylic acids is 2. The van der Waals surface area contributed by atoms with Crippen LogP contribution in [0.5, 0.6) is 5.75 Å². The van der Waals surface area contributed by atoms with E-state index >= 15 is 0 Å². The van der Waals surface area contributed by atoms with Crippen LogP contribution in [0.3, 0.4) is 0 Å². The van der Waals surface area contributed by atoms with Crippen molar-refractivity contribution in [1.82, 2.24) is 10.2 Å². The van der Waals surface area contributed by atoms with Gasteiger partial charge in [-0.3, -0.25) is 13.9 Å². The summed E-state index contributed by atoms with van der Waals surface area (Å²) in [5.74, 6) is -0.151. The van der Waals surface area contributed by atoms with Crippen molar-refractivity contribution >= 4 is 27.5 Å². The third kappa shape index (κ3) is 7.70. The standard InChI is InChI=1S/C33H41N3O5S/c1-24-13-19-31(20-14-24)42(39,40)36(29-15-17-30(41-4)18-16-29)23-32(37)35(22-27-10-8-9-25(2)21-27)26(3)33(38)34-28-11-6-5-7-12-28/h8-10,13-21,26,28H,5-7,11-12,22-23H2,1-4H3,(H,34,38).